The normalized spacial score (nSPS) is 12.2. The van der Waals surface area contributed by atoms with Crippen molar-refractivity contribution in [2.24, 2.45) is 5.73 Å². The molecule has 0 amide bonds. The van der Waals surface area contributed by atoms with Gasteiger partial charge in [0.05, 0.1) is 7.11 Å². The maximum absolute atomic E-state index is 5.70. The Bertz CT molecular complexity index is 301. The Hall–Kier alpha value is -1.28. The first-order chi connectivity index (χ1) is 6.63. The second-order valence-electron chi connectivity index (χ2n) is 3.51. The molecule has 2 nitrogen and oxygen atoms in total. The minimum atomic E-state index is 0.157. The molecule has 0 aliphatic rings. The molecule has 0 heterocycles. The van der Waals surface area contributed by atoms with Gasteiger partial charge in [-0.1, -0.05) is 18.7 Å². The first-order valence-electron chi connectivity index (χ1n) is 4.71. The van der Waals surface area contributed by atoms with Crippen molar-refractivity contribution in [3.05, 3.63) is 36.4 Å². The topological polar surface area (TPSA) is 35.2 Å². The van der Waals surface area contributed by atoms with Gasteiger partial charge >= 0.3 is 0 Å². The van der Waals surface area contributed by atoms with E-state index in [1.807, 2.05) is 31.2 Å². The molecule has 0 radical (unpaired) electrons. The molecule has 2 N–H and O–H groups in total. The zero-order valence-electron chi connectivity index (χ0n) is 8.79. The fourth-order valence-corrected chi connectivity index (χ4v) is 1.33. The van der Waals surface area contributed by atoms with E-state index in [0.29, 0.717) is 0 Å². The summed E-state index contributed by atoms with van der Waals surface area (Å²) in [5.41, 5.74) is 7.90. The van der Waals surface area contributed by atoms with Crippen LogP contribution in [0.2, 0.25) is 0 Å². The van der Waals surface area contributed by atoms with Crippen molar-refractivity contribution in [3.63, 3.8) is 0 Å². The van der Waals surface area contributed by atoms with Gasteiger partial charge in [0.1, 0.15) is 5.75 Å². The van der Waals surface area contributed by atoms with Crippen LogP contribution in [-0.2, 0) is 0 Å². The van der Waals surface area contributed by atoms with Gasteiger partial charge in [-0.05, 0) is 36.6 Å². The second kappa shape index (κ2) is 4.82. The van der Waals surface area contributed by atoms with Gasteiger partial charge in [-0.25, -0.2) is 0 Å². The smallest absolute Gasteiger partial charge is 0.118 e. The van der Waals surface area contributed by atoms with Gasteiger partial charge in [0.25, 0.3) is 0 Å². The van der Waals surface area contributed by atoms with E-state index >= 15 is 0 Å². The molecule has 0 fully saturated rings. The fourth-order valence-electron chi connectivity index (χ4n) is 1.33. The van der Waals surface area contributed by atoms with Crippen molar-refractivity contribution in [2.75, 3.05) is 7.11 Å². The van der Waals surface area contributed by atoms with Crippen molar-refractivity contribution in [2.45, 2.75) is 19.4 Å². The van der Waals surface area contributed by atoms with Gasteiger partial charge in [0, 0.05) is 6.04 Å². The first-order valence-corrected chi connectivity index (χ1v) is 4.71. The minimum absolute atomic E-state index is 0.157. The van der Waals surface area contributed by atoms with Crippen molar-refractivity contribution in [1.29, 1.82) is 0 Å². The average molecular weight is 191 g/mol. The average Bonchev–Trinajstić information content (AvgIpc) is 2.17. The predicted molar refractivity (Wildman–Crippen MR) is 60.3 cm³/mol. The lowest BCUT2D eigenvalue weighted by Crippen LogP contribution is -2.14. The van der Waals surface area contributed by atoms with Crippen molar-refractivity contribution < 1.29 is 4.74 Å². The van der Waals surface area contributed by atoms with Gasteiger partial charge in [-0.15, -0.1) is 0 Å². The summed E-state index contributed by atoms with van der Waals surface area (Å²) in [4.78, 5) is 0. The summed E-state index contributed by atoms with van der Waals surface area (Å²) in [7, 11) is 1.66. The third-order valence-electron chi connectivity index (χ3n) is 2.07. The molecule has 0 saturated carbocycles. The Balaban J connectivity index is 2.71. The van der Waals surface area contributed by atoms with Crippen LogP contribution in [0.5, 0.6) is 5.75 Å². The van der Waals surface area contributed by atoms with E-state index in [9.17, 15) is 0 Å². The largest absolute Gasteiger partial charge is 0.497 e. The number of ether oxygens (including phenoxy) is 1. The van der Waals surface area contributed by atoms with Gasteiger partial charge < -0.3 is 10.5 Å². The maximum Gasteiger partial charge on any atom is 0.118 e. The van der Waals surface area contributed by atoms with E-state index in [4.69, 9.17) is 10.5 Å². The van der Waals surface area contributed by atoms with Crippen LogP contribution in [0.25, 0.3) is 5.57 Å². The highest BCUT2D eigenvalue weighted by Crippen LogP contribution is 2.20. The molecule has 1 aromatic rings. The third-order valence-corrected chi connectivity index (χ3v) is 2.07. The monoisotopic (exact) mass is 191 g/mol. The van der Waals surface area contributed by atoms with Crippen LogP contribution in [0.3, 0.4) is 0 Å². The Morgan fingerprint density at radius 3 is 2.43 bits per heavy atom. The van der Waals surface area contributed by atoms with Crippen LogP contribution in [0.1, 0.15) is 18.9 Å². The molecule has 0 saturated heterocycles. The van der Waals surface area contributed by atoms with Crippen LogP contribution in [0.15, 0.2) is 30.8 Å². The summed E-state index contributed by atoms with van der Waals surface area (Å²) in [6, 6.07) is 8.03. The van der Waals surface area contributed by atoms with Gasteiger partial charge in [-0.3, -0.25) is 0 Å². The van der Waals surface area contributed by atoms with Crippen molar-refractivity contribution in [3.8, 4) is 5.75 Å². The molecule has 1 aromatic carbocycles. The summed E-state index contributed by atoms with van der Waals surface area (Å²) < 4.78 is 5.08. The van der Waals surface area contributed by atoms with Crippen LogP contribution in [-0.4, -0.2) is 13.2 Å². The molecule has 0 bridgehead atoms. The zero-order valence-corrected chi connectivity index (χ0v) is 8.79. The molecule has 14 heavy (non-hydrogen) atoms. The SMILES string of the molecule is C=C(CC(C)N)c1ccc(OC)cc1. The Kier molecular flexibility index (Phi) is 3.72. The lowest BCUT2D eigenvalue weighted by Gasteiger charge is -2.09. The number of rotatable bonds is 4. The Labute approximate surface area is 85.4 Å². The molecule has 1 atom stereocenters. The minimum Gasteiger partial charge on any atom is -0.497 e. The fraction of sp³-hybridized carbons (Fsp3) is 0.333. The zero-order chi connectivity index (χ0) is 10.6. The van der Waals surface area contributed by atoms with E-state index < -0.39 is 0 Å². The molecule has 1 unspecified atom stereocenters. The van der Waals surface area contributed by atoms with Crippen molar-refractivity contribution in [1.82, 2.24) is 0 Å². The summed E-state index contributed by atoms with van der Waals surface area (Å²) in [6.07, 6.45) is 0.826. The predicted octanol–water partition coefficient (Wildman–Crippen LogP) is 2.45. The highest BCUT2D eigenvalue weighted by molar-refractivity contribution is 5.64. The Morgan fingerprint density at radius 2 is 2.00 bits per heavy atom. The Morgan fingerprint density at radius 1 is 1.43 bits per heavy atom. The number of hydrogen-bond donors (Lipinski definition) is 1. The molecular formula is C12H17NO. The lowest BCUT2D eigenvalue weighted by molar-refractivity contribution is 0.415. The highest BCUT2D eigenvalue weighted by Gasteiger charge is 2.02. The molecule has 0 aliphatic heterocycles. The molecule has 0 aromatic heterocycles. The summed E-state index contributed by atoms with van der Waals surface area (Å²) in [6.45, 7) is 5.98. The molecule has 0 spiro atoms. The summed E-state index contributed by atoms with van der Waals surface area (Å²) in [5.74, 6) is 0.863. The third kappa shape index (κ3) is 2.89. The number of methoxy groups -OCH3 is 1. The quantitative estimate of drug-likeness (QED) is 0.793. The molecule has 2 heteroatoms. The molecular weight excluding hydrogens is 174 g/mol. The number of benzene rings is 1. The lowest BCUT2D eigenvalue weighted by atomic mass is 10.0. The number of hydrogen-bond acceptors (Lipinski definition) is 2. The van der Waals surface area contributed by atoms with Gasteiger partial charge in [0.15, 0.2) is 0 Å². The first kappa shape index (κ1) is 10.8. The van der Waals surface area contributed by atoms with Crippen LogP contribution in [0.4, 0.5) is 0 Å². The van der Waals surface area contributed by atoms with Crippen molar-refractivity contribution >= 4 is 5.57 Å². The second-order valence-corrected chi connectivity index (χ2v) is 3.51. The molecule has 0 aliphatic carbocycles. The van der Waals surface area contributed by atoms with E-state index in [-0.39, 0.29) is 6.04 Å². The van der Waals surface area contributed by atoms with E-state index in [1.165, 1.54) is 0 Å². The van der Waals surface area contributed by atoms with Gasteiger partial charge in [-0.2, -0.15) is 0 Å². The van der Waals surface area contributed by atoms with Crippen LogP contribution >= 0.6 is 0 Å². The molecule has 1 rings (SSSR count). The maximum atomic E-state index is 5.70. The van der Waals surface area contributed by atoms with E-state index in [1.54, 1.807) is 7.11 Å². The standard InChI is InChI=1S/C12H17NO/c1-9(8-10(2)13)11-4-6-12(14-3)7-5-11/h4-7,10H,1,8,13H2,2-3H3. The highest BCUT2D eigenvalue weighted by atomic mass is 16.5. The summed E-state index contributed by atoms with van der Waals surface area (Å²) in [5, 5.41) is 0. The summed E-state index contributed by atoms with van der Waals surface area (Å²) >= 11 is 0. The number of nitrogens with two attached hydrogens (primary N) is 1. The van der Waals surface area contributed by atoms with Gasteiger partial charge in [0.2, 0.25) is 0 Å². The van der Waals surface area contributed by atoms with E-state index in [0.717, 1.165) is 23.3 Å². The van der Waals surface area contributed by atoms with Crippen LogP contribution < -0.4 is 10.5 Å². The van der Waals surface area contributed by atoms with E-state index in [2.05, 4.69) is 6.58 Å². The molecule has 76 valence electrons. The van der Waals surface area contributed by atoms with Crippen LogP contribution in [0, 0.1) is 0 Å².